The Bertz CT molecular complexity index is 815. The number of hydrogen-bond donors (Lipinski definition) is 3. The second-order valence-electron chi connectivity index (χ2n) is 6.08. The third-order valence-electron chi connectivity index (χ3n) is 3.76. The van der Waals surface area contributed by atoms with Crippen molar-refractivity contribution in [1.29, 1.82) is 0 Å². The van der Waals surface area contributed by atoms with Gasteiger partial charge in [0, 0.05) is 11.4 Å². The number of hydrogen-bond acceptors (Lipinski definition) is 3. The van der Waals surface area contributed by atoms with E-state index < -0.39 is 0 Å². The summed E-state index contributed by atoms with van der Waals surface area (Å²) in [6.45, 7) is 5.81. The lowest BCUT2D eigenvalue weighted by Gasteiger charge is -2.13. The van der Waals surface area contributed by atoms with E-state index in [0.717, 1.165) is 22.4 Å². The highest BCUT2D eigenvalue weighted by molar-refractivity contribution is 6.42. The molecule has 0 heterocycles. The lowest BCUT2D eigenvalue weighted by atomic mass is 10.1. The maximum absolute atomic E-state index is 12.1. The molecule has 0 aliphatic heterocycles. The van der Waals surface area contributed by atoms with Gasteiger partial charge in [0.1, 0.15) is 0 Å². The first-order valence-electron chi connectivity index (χ1n) is 8.09. The van der Waals surface area contributed by atoms with Gasteiger partial charge in [-0.1, -0.05) is 40.9 Å². The summed E-state index contributed by atoms with van der Waals surface area (Å²) in [5, 5.41) is 9.19. The standard InChI is InChI=1S/C19H21Cl2N3O2/c1-11-6-12(2)19(13(3)7-11)24-18(26)10-23-17(25)9-22-14-4-5-15(20)16(21)8-14/h4-8,22H,9-10H2,1-3H3,(H,23,25)(H,24,26). The summed E-state index contributed by atoms with van der Waals surface area (Å²) < 4.78 is 0. The summed E-state index contributed by atoms with van der Waals surface area (Å²) in [6.07, 6.45) is 0. The Kier molecular flexibility index (Phi) is 6.89. The first-order valence-corrected chi connectivity index (χ1v) is 8.85. The van der Waals surface area contributed by atoms with Crippen LogP contribution in [-0.4, -0.2) is 24.9 Å². The van der Waals surface area contributed by atoms with Crippen LogP contribution in [0.25, 0.3) is 0 Å². The maximum atomic E-state index is 12.1. The van der Waals surface area contributed by atoms with Crippen LogP contribution in [0, 0.1) is 20.8 Å². The Labute approximate surface area is 163 Å². The van der Waals surface area contributed by atoms with Gasteiger partial charge in [0.25, 0.3) is 0 Å². The van der Waals surface area contributed by atoms with Gasteiger partial charge in [-0.3, -0.25) is 9.59 Å². The van der Waals surface area contributed by atoms with Gasteiger partial charge >= 0.3 is 0 Å². The Hall–Kier alpha value is -2.24. The minimum absolute atomic E-state index is 0.0217. The van der Waals surface area contributed by atoms with E-state index in [0.29, 0.717) is 15.7 Å². The van der Waals surface area contributed by atoms with Crippen molar-refractivity contribution in [2.45, 2.75) is 20.8 Å². The van der Waals surface area contributed by atoms with Crippen molar-refractivity contribution in [3.8, 4) is 0 Å². The third-order valence-corrected chi connectivity index (χ3v) is 4.50. The first-order chi connectivity index (χ1) is 12.3. The SMILES string of the molecule is Cc1cc(C)c(NC(=O)CNC(=O)CNc2ccc(Cl)c(Cl)c2)c(C)c1. The molecule has 0 fully saturated rings. The van der Waals surface area contributed by atoms with Gasteiger partial charge in [-0.2, -0.15) is 0 Å². The molecule has 0 radical (unpaired) electrons. The van der Waals surface area contributed by atoms with E-state index >= 15 is 0 Å². The molecule has 0 aromatic heterocycles. The Balaban J connectivity index is 1.81. The largest absolute Gasteiger partial charge is 0.376 e. The average molecular weight is 394 g/mol. The smallest absolute Gasteiger partial charge is 0.243 e. The number of carbonyl (C=O) groups excluding carboxylic acids is 2. The molecule has 0 saturated carbocycles. The van der Waals surface area contributed by atoms with Crippen LogP contribution in [0.15, 0.2) is 30.3 Å². The Morgan fingerprint density at radius 1 is 0.885 bits per heavy atom. The van der Waals surface area contributed by atoms with Gasteiger partial charge in [0.05, 0.1) is 23.1 Å². The summed E-state index contributed by atoms with van der Waals surface area (Å²) in [5.41, 5.74) is 4.57. The molecule has 2 aromatic rings. The van der Waals surface area contributed by atoms with E-state index in [1.165, 1.54) is 0 Å². The van der Waals surface area contributed by atoms with E-state index in [9.17, 15) is 9.59 Å². The zero-order chi connectivity index (χ0) is 19.3. The number of carbonyl (C=O) groups is 2. The molecule has 0 atom stereocenters. The highest BCUT2D eigenvalue weighted by atomic mass is 35.5. The normalized spacial score (nSPS) is 10.3. The summed E-state index contributed by atoms with van der Waals surface area (Å²) >= 11 is 11.8. The molecule has 0 spiro atoms. The molecule has 0 saturated heterocycles. The molecule has 0 bridgehead atoms. The summed E-state index contributed by atoms with van der Waals surface area (Å²) in [6, 6.07) is 9.00. The minimum Gasteiger partial charge on any atom is -0.376 e. The number of rotatable bonds is 6. The fourth-order valence-electron chi connectivity index (χ4n) is 2.59. The fourth-order valence-corrected chi connectivity index (χ4v) is 2.89. The molecular weight excluding hydrogens is 373 g/mol. The predicted molar refractivity (Wildman–Crippen MR) is 107 cm³/mol. The van der Waals surface area contributed by atoms with Crippen molar-refractivity contribution in [1.82, 2.24) is 5.32 Å². The molecular formula is C19H21Cl2N3O2. The second-order valence-corrected chi connectivity index (χ2v) is 6.90. The fraction of sp³-hybridized carbons (Fsp3) is 0.263. The predicted octanol–water partition coefficient (Wildman–Crippen LogP) is 4.09. The monoisotopic (exact) mass is 393 g/mol. The van der Waals surface area contributed by atoms with Crippen LogP contribution in [0.3, 0.4) is 0 Å². The number of aryl methyl sites for hydroxylation is 3. The average Bonchev–Trinajstić information content (AvgIpc) is 2.57. The van der Waals surface area contributed by atoms with Crippen LogP contribution >= 0.6 is 23.2 Å². The maximum Gasteiger partial charge on any atom is 0.243 e. The summed E-state index contributed by atoms with van der Waals surface area (Å²) in [4.78, 5) is 24.0. The molecule has 0 unspecified atom stereocenters. The molecule has 0 aliphatic carbocycles. The number of amides is 2. The third kappa shape index (κ3) is 5.64. The highest BCUT2D eigenvalue weighted by Gasteiger charge is 2.10. The van der Waals surface area contributed by atoms with Crippen molar-refractivity contribution in [2.24, 2.45) is 0 Å². The van der Waals surface area contributed by atoms with Crippen LogP contribution in [0.5, 0.6) is 0 Å². The molecule has 7 heteroatoms. The van der Waals surface area contributed by atoms with Crippen molar-refractivity contribution in [2.75, 3.05) is 23.7 Å². The first kappa shape index (κ1) is 20.1. The van der Waals surface area contributed by atoms with Crippen LogP contribution < -0.4 is 16.0 Å². The topological polar surface area (TPSA) is 70.2 Å². The minimum atomic E-state index is -0.302. The molecule has 138 valence electrons. The molecule has 2 amide bonds. The molecule has 2 rings (SSSR count). The van der Waals surface area contributed by atoms with Crippen LogP contribution in [0.4, 0.5) is 11.4 Å². The van der Waals surface area contributed by atoms with E-state index in [-0.39, 0.29) is 24.9 Å². The number of anilines is 2. The summed E-state index contributed by atoms with van der Waals surface area (Å²) in [7, 11) is 0. The lowest BCUT2D eigenvalue weighted by molar-refractivity contribution is -0.122. The molecule has 26 heavy (non-hydrogen) atoms. The van der Waals surface area contributed by atoms with Crippen molar-refractivity contribution in [3.63, 3.8) is 0 Å². The second kappa shape index (κ2) is 8.92. The van der Waals surface area contributed by atoms with Crippen LogP contribution in [0.2, 0.25) is 10.0 Å². The highest BCUT2D eigenvalue weighted by Crippen LogP contribution is 2.25. The van der Waals surface area contributed by atoms with E-state index in [1.807, 2.05) is 32.9 Å². The molecule has 2 aromatic carbocycles. The summed E-state index contributed by atoms with van der Waals surface area (Å²) in [5.74, 6) is -0.577. The van der Waals surface area contributed by atoms with Gasteiger partial charge in [-0.25, -0.2) is 0 Å². The Morgan fingerprint density at radius 2 is 1.54 bits per heavy atom. The van der Waals surface area contributed by atoms with Crippen LogP contribution in [0.1, 0.15) is 16.7 Å². The van der Waals surface area contributed by atoms with Gasteiger partial charge < -0.3 is 16.0 Å². The van der Waals surface area contributed by atoms with E-state index in [1.54, 1.807) is 18.2 Å². The van der Waals surface area contributed by atoms with E-state index in [2.05, 4.69) is 16.0 Å². The number of benzene rings is 2. The zero-order valence-electron chi connectivity index (χ0n) is 14.9. The molecule has 3 N–H and O–H groups in total. The molecule has 5 nitrogen and oxygen atoms in total. The number of halogens is 2. The van der Waals surface area contributed by atoms with E-state index in [4.69, 9.17) is 23.2 Å². The van der Waals surface area contributed by atoms with Crippen molar-refractivity contribution >= 4 is 46.4 Å². The quantitative estimate of drug-likeness (QED) is 0.691. The number of nitrogens with one attached hydrogen (secondary N) is 3. The lowest BCUT2D eigenvalue weighted by Crippen LogP contribution is -2.36. The van der Waals surface area contributed by atoms with Gasteiger partial charge in [0.2, 0.25) is 11.8 Å². The Morgan fingerprint density at radius 3 is 2.15 bits per heavy atom. The van der Waals surface area contributed by atoms with Gasteiger partial charge in [-0.15, -0.1) is 0 Å². The van der Waals surface area contributed by atoms with Crippen molar-refractivity contribution < 1.29 is 9.59 Å². The molecule has 0 aliphatic rings. The van der Waals surface area contributed by atoms with Crippen molar-refractivity contribution in [3.05, 3.63) is 57.1 Å². The zero-order valence-corrected chi connectivity index (χ0v) is 16.4. The van der Waals surface area contributed by atoms with Gasteiger partial charge in [-0.05, 0) is 50.1 Å². The van der Waals surface area contributed by atoms with Crippen LogP contribution in [-0.2, 0) is 9.59 Å². The van der Waals surface area contributed by atoms with Gasteiger partial charge in [0.15, 0.2) is 0 Å².